The Bertz CT molecular complexity index is 1800. The van der Waals surface area contributed by atoms with Crippen LogP contribution in [0.15, 0.2) is 66.2 Å². The Morgan fingerprint density at radius 3 is 2.51 bits per heavy atom. The fourth-order valence-electron chi connectivity index (χ4n) is 6.92. The zero-order valence-corrected chi connectivity index (χ0v) is 30.0. The highest BCUT2D eigenvalue weighted by atomic mass is 32.1. The first kappa shape index (κ1) is 34.7. The summed E-state index contributed by atoms with van der Waals surface area (Å²) in [6.07, 6.45) is 5.29. The number of amides is 2. The summed E-state index contributed by atoms with van der Waals surface area (Å²) in [4.78, 5) is 44.7. The summed E-state index contributed by atoms with van der Waals surface area (Å²) in [5.41, 5.74) is 4.61. The van der Waals surface area contributed by atoms with Gasteiger partial charge in [0.2, 0.25) is 5.91 Å². The third-order valence-corrected chi connectivity index (χ3v) is 10.4. The van der Waals surface area contributed by atoms with Crippen molar-refractivity contribution in [3.63, 3.8) is 0 Å². The van der Waals surface area contributed by atoms with Crippen molar-refractivity contribution in [3.8, 4) is 11.1 Å². The van der Waals surface area contributed by atoms with Crippen LogP contribution in [0.4, 0.5) is 4.79 Å². The van der Waals surface area contributed by atoms with Crippen molar-refractivity contribution in [2.45, 2.75) is 77.1 Å². The second-order valence-corrected chi connectivity index (χ2v) is 15.1. The Balaban J connectivity index is 1.32. The van der Waals surface area contributed by atoms with Crippen molar-refractivity contribution in [1.29, 1.82) is 0 Å². The van der Waals surface area contributed by atoms with Crippen LogP contribution < -0.4 is 0 Å². The number of nitrogens with zero attached hydrogens (tertiary/aromatic N) is 3. The minimum absolute atomic E-state index is 0.0749. The van der Waals surface area contributed by atoms with Gasteiger partial charge in [-0.25, -0.2) is 9.59 Å². The molecule has 49 heavy (non-hydrogen) atoms. The van der Waals surface area contributed by atoms with E-state index < -0.39 is 11.5 Å². The van der Waals surface area contributed by atoms with Gasteiger partial charge in [-0.2, -0.15) is 0 Å². The number of aryl methyl sites for hydroxylation is 1. The number of aromatic nitrogens is 1. The highest BCUT2D eigenvalue weighted by Gasteiger charge is 2.43. The molecule has 6 rings (SSSR count). The molecule has 0 bridgehead atoms. The van der Waals surface area contributed by atoms with Crippen molar-refractivity contribution in [2.24, 2.45) is 5.92 Å². The summed E-state index contributed by atoms with van der Waals surface area (Å²) < 4.78 is 18.3. The van der Waals surface area contributed by atoms with E-state index >= 15 is 0 Å². The van der Waals surface area contributed by atoms with Crippen LogP contribution in [0.5, 0.6) is 0 Å². The Morgan fingerprint density at radius 1 is 0.980 bits per heavy atom. The van der Waals surface area contributed by atoms with Gasteiger partial charge in [0.1, 0.15) is 10.5 Å². The Labute approximate surface area is 292 Å². The van der Waals surface area contributed by atoms with Gasteiger partial charge in [-0.15, -0.1) is 11.3 Å². The van der Waals surface area contributed by atoms with Gasteiger partial charge >= 0.3 is 12.1 Å². The number of carbonyl (C=O) groups is 3. The summed E-state index contributed by atoms with van der Waals surface area (Å²) in [5.74, 6) is -0.821. The number of methoxy groups -OCH3 is 2. The minimum Gasteiger partial charge on any atom is -0.465 e. The molecular weight excluding hydrogens is 639 g/mol. The molecule has 0 unspecified atom stereocenters. The molecule has 2 amide bonds. The van der Waals surface area contributed by atoms with E-state index in [0.717, 1.165) is 59.0 Å². The number of ether oxygens (including phenoxy) is 3. The molecule has 1 saturated heterocycles. The van der Waals surface area contributed by atoms with Crippen LogP contribution in [0.25, 0.3) is 22.0 Å². The van der Waals surface area contributed by atoms with Gasteiger partial charge in [0.05, 0.1) is 13.0 Å². The van der Waals surface area contributed by atoms with Crippen LogP contribution in [-0.2, 0) is 32.1 Å². The number of hydrogen-bond acceptors (Lipinski definition) is 7. The van der Waals surface area contributed by atoms with Crippen LogP contribution in [0, 0.1) is 5.92 Å². The molecule has 1 aliphatic heterocycles. The van der Waals surface area contributed by atoms with Crippen LogP contribution in [-0.4, -0.2) is 77.9 Å². The Hall–Kier alpha value is -4.15. The average Bonchev–Trinajstić information content (AvgIpc) is 3.71. The lowest BCUT2D eigenvalue weighted by molar-refractivity contribution is -0.139. The van der Waals surface area contributed by atoms with Gasteiger partial charge in [-0.3, -0.25) is 4.79 Å². The number of esters is 1. The van der Waals surface area contributed by atoms with E-state index in [1.54, 1.807) is 12.0 Å². The van der Waals surface area contributed by atoms with E-state index in [2.05, 4.69) is 52.1 Å². The predicted molar refractivity (Wildman–Crippen MR) is 192 cm³/mol. The lowest BCUT2D eigenvalue weighted by Crippen LogP contribution is -2.51. The lowest BCUT2D eigenvalue weighted by atomic mass is 9.79. The van der Waals surface area contributed by atoms with Gasteiger partial charge in [-0.1, -0.05) is 42.5 Å². The minimum atomic E-state index is -0.636. The molecular formula is C39H47N3O6S. The number of rotatable bonds is 11. The number of benzene rings is 2. The van der Waals surface area contributed by atoms with Crippen molar-refractivity contribution in [1.82, 2.24) is 14.4 Å². The molecule has 3 heterocycles. The molecule has 2 aromatic heterocycles. The predicted octanol–water partition coefficient (Wildman–Crippen LogP) is 7.72. The van der Waals surface area contributed by atoms with E-state index in [0.29, 0.717) is 31.0 Å². The van der Waals surface area contributed by atoms with Crippen molar-refractivity contribution in [3.05, 3.63) is 82.2 Å². The summed E-state index contributed by atoms with van der Waals surface area (Å²) in [5, 5.41) is 3.11. The third kappa shape index (κ3) is 8.02. The fraction of sp³-hybridized carbons (Fsp3) is 0.462. The Morgan fingerprint density at radius 2 is 1.78 bits per heavy atom. The third-order valence-electron chi connectivity index (χ3n) is 9.45. The number of carbonyl (C=O) groups excluding carboxylic acids is 3. The molecule has 1 aliphatic carbocycles. The van der Waals surface area contributed by atoms with E-state index in [4.69, 9.17) is 14.2 Å². The molecule has 2 atom stereocenters. The van der Waals surface area contributed by atoms with Crippen LogP contribution >= 0.6 is 11.3 Å². The number of likely N-dealkylation sites (tertiary alicyclic amines) is 1. The molecule has 2 aromatic carbocycles. The zero-order valence-electron chi connectivity index (χ0n) is 29.1. The number of thiophene rings is 1. The number of piperidine rings is 1. The van der Waals surface area contributed by atoms with E-state index in [-0.39, 0.29) is 36.5 Å². The smallest absolute Gasteiger partial charge is 0.410 e. The molecule has 2 aliphatic rings. The summed E-state index contributed by atoms with van der Waals surface area (Å²) in [6.45, 7) is 8.41. The maximum Gasteiger partial charge on any atom is 0.410 e. The van der Waals surface area contributed by atoms with Crippen LogP contribution in [0.3, 0.4) is 0 Å². The highest BCUT2D eigenvalue weighted by Crippen LogP contribution is 2.40. The van der Waals surface area contributed by atoms with Crippen LogP contribution in [0.1, 0.15) is 73.2 Å². The monoisotopic (exact) mass is 685 g/mol. The second-order valence-electron chi connectivity index (χ2n) is 14.2. The molecule has 0 spiro atoms. The molecule has 1 saturated carbocycles. The number of fused-ring (bicyclic) bond motifs is 1. The quantitative estimate of drug-likeness (QED) is 0.119. The fourth-order valence-corrected chi connectivity index (χ4v) is 7.75. The van der Waals surface area contributed by atoms with E-state index in [9.17, 15) is 14.4 Å². The lowest BCUT2D eigenvalue weighted by Gasteiger charge is -2.40. The molecule has 260 valence electrons. The van der Waals surface area contributed by atoms with E-state index in [1.165, 1.54) is 18.4 Å². The molecule has 0 N–H and O–H groups in total. The first-order valence-corrected chi connectivity index (χ1v) is 18.1. The molecule has 2 fully saturated rings. The van der Waals surface area contributed by atoms with Gasteiger partial charge in [0.25, 0.3) is 0 Å². The number of hydrogen-bond donors (Lipinski definition) is 0. The first-order chi connectivity index (χ1) is 23.6. The molecule has 9 nitrogen and oxygen atoms in total. The van der Waals surface area contributed by atoms with Crippen LogP contribution in [0.2, 0.25) is 0 Å². The van der Waals surface area contributed by atoms with Crippen molar-refractivity contribution < 1.29 is 28.6 Å². The maximum atomic E-state index is 14.9. The SMILES string of the molecule is COCCCn1cc(CN(C(=O)[C@H]2CN(C(=O)OC(C)(C)C)CC[C@@H]2c2cccc(-c3csc(C(=O)OC)c3)c2)C2CC2)c2ccccc21. The standard InChI is InChI=1S/C39H47N3O6S/c1-39(2,3)48-38(45)41-18-16-31(27-11-8-10-26(20-27)28-21-35(49-25-28)37(44)47-5)33(24-41)36(43)42(30-14-15-30)23-29-22-40(17-9-19-46-4)34-13-7-6-12-32(29)34/h6-8,10-13,20-22,25,30-31,33H,9,14-19,23-24H2,1-5H3/t31-,33+/m1/s1. The van der Waals surface area contributed by atoms with E-state index in [1.807, 2.05) is 44.4 Å². The van der Waals surface area contributed by atoms with Gasteiger partial charge in [-0.05, 0) is 92.1 Å². The van der Waals surface area contributed by atoms with Gasteiger partial charge < -0.3 is 28.6 Å². The Kier molecular flexibility index (Phi) is 10.5. The zero-order chi connectivity index (χ0) is 34.7. The largest absolute Gasteiger partial charge is 0.465 e. The van der Waals surface area contributed by atoms with Crippen molar-refractivity contribution in [2.75, 3.05) is 33.9 Å². The van der Waals surface area contributed by atoms with Gasteiger partial charge in [0.15, 0.2) is 0 Å². The van der Waals surface area contributed by atoms with Crippen molar-refractivity contribution >= 4 is 40.2 Å². The highest BCUT2D eigenvalue weighted by molar-refractivity contribution is 7.12. The normalized spacial score (nSPS) is 18.0. The second kappa shape index (κ2) is 14.8. The summed E-state index contributed by atoms with van der Waals surface area (Å²) in [7, 11) is 3.11. The number of para-hydroxylation sites is 1. The maximum absolute atomic E-state index is 14.9. The first-order valence-electron chi connectivity index (χ1n) is 17.2. The van der Waals surface area contributed by atoms with Gasteiger partial charge in [0, 0.05) is 63.0 Å². The summed E-state index contributed by atoms with van der Waals surface area (Å²) in [6, 6.07) is 18.7. The summed E-state index contributed by atoms with van der Waals surface area (Å²) >= 11 is 1.35. The average molecular weight is 686 g/mol. The molecule has 10 heteroatoms. The molecule has 0 radical (unpaired) electrons. The molecule has 4 aromatic rings. The topological polar surface area (TPSA) is 90.3 Å².